The Morgan fingerprint density at radius 1 is 1.12 bits per heavy atom. The topological polar surface area (TPSA) is 102 Å². The molecule has 0 aliphatic rings. The zero-order valence-corrected chi connectivity index (χ0v) is 14.0. The fraction of sp³-hybridized carbons (Fsp3) is 0.133. The molecular formula is C15H13N3O4S2. The first-order valence-corrected chi connectivity index (χ1v) is 9.63. The van der Waals surface area contributed by atoms with Gasteiger partial charge in [0.05, 0.1) is 10.6 Å². The Balaban J connectivity index is 1.61. The van der Waals surface area contributed by atoms with E-state index in [0.29, 0.717) is 5.56 Å². The second-order valence-electron chi connectivity index (χ2n) is 4.96. The van der Waals surface area contributed by atoms with E-state index >= 15 is 0 Å². The van der Waals surface area contributed by atoms with Gasteiger partial charge in [-0.1, -0.05) is 41.5 Å². The summed E-state index contributed by atoms with van der Waals surface area (Å²) in [7, 11) is -3.59. The third-order valence-electron chi connectivity index (χ3n) is 2.98. The zero-order valence-electron chi connectivity index (χ0n) is 12.4. The SMILES string of the molecule is O=C(CS(=O)(=O)Cc1ccccc1)Nc1nnc(-c2cccs2)o1. The van der Waals surface area contributed by atoms with Crippen LogP contribution in [-0.4, -0.2) is 30.3 Å². The number of hydrogen-bond donors (Lipinski definition) is 1. The smallest absolute Gasteiger partial charge is 0.322 e. The van der Waals surface area contributed by atoms with E-state index in [-0.39, 0.29) is 17.7 Å². The molecule has 0 saturated carbocycles. The van der Waals surface area contributed by atoms with Crippen LogP contribution in [0.4, 0.5) is 6.01 Å². The first-order valence-electron chi connectivity index (χ1n) is 6.93. The van der Waals surface area contributed by atoms with E-state index < -0.39 is 21.5 Å². The molecule has 0 spiro atoms. The predicted octanol–water partition coefficient (Wildman–Crippen LogP) is 2.35. The largest absolute Gasteiger partial charge is 0.402 e. The minimum Gasteiger partial charge on any atom is -0.402 e. The number of nitrogens with one attached hydrogen (secondary N) is 1. The molecule has 2 heterocycles. The predicted molar refractivity (Wildman–Crippen MR) is 90.2 cm³/mol. The van der Waals surface area contributed by atoms with Crippen molar-refractivity contribution in [1.82, 2.24) is 10.2 Å². The van der Waals surface area contributed by atoms with Crippen molar-refractivity contribution in [2.75, 3.05) is 11.1 Å². The second-order valence-corrected chi connectivity index (χ2v) is 7.97. The maximum atomic E-state index is 12.1. The van der Waals surface area contributed by atoms with Gasteiger partial charge in [0, 0.05) is 0 Å². The summed E-state index contributed by atoms with van der Waals surface area (Å²) in [6, 6.07) is 12.2. The summed E-state index contributed by atoms with van der Waals surface area (Å²) in [5.41, 5.74) is 0.628. The van der Waals surface area contributed by atoms with Gasteiger partial charge < -0.3 is 4.42 Å². The fourth-order valence-electron chi connectivity index (χ4n) is 2.01. The van der Waals surface area contributed by atoms with E-state index in [4.69, 9.17) is 4.42 Å². The van der Waals surface area contributed by atoms with Crippen molar-refractivity contribution in [2.24, 2.45) is 0 Å². The number of nitrogens with zero attached hydrogens (tertiary/aromatic N) is 2. The summed E-state index contributed by atoms with van der Waals surface area (Å²) in [6.45, 7) is 0. The zero-order chi connectivity index (χ0) is 17.0. The highest BCUT2D eigenvalue weighted by molar-refractivity contribution is 7.91. The van der Waals surface area contributed by atoms with E-state index in [1.807, 2.05) is 11.4 Å². The molecule has 24 heavy (non-hydrogen) atoms. The van der Waals surface area contributed by atoms with Crippen molar-refractivity contribution in [3.8, 4) is 10.8 Å². The summed E-state index contributed by atoms with van der Waals surface area (Å²) in [6.07, 6.45) is 0. The summed E-state index contributed by atoms with van der Waals surface area (Å²) in [5, 5.41) is 11.7. The van der Waals surface area contributed by atoms with E-state index in [0.717, 1.165) is 4.88 Å². The minimum absolute atomic E-state index is 0.127. The molecule has 1 N–H and O–H groups in total. The van der Waals surface area contributed by atoms with Gasteiger partial charge in [0.2, 0.25) is 5.91 Å². The Morgan fingerprint density at radius 2 is 1.92 bits per heavy atom. The number of sulfone groups is 1. The summed E-state index contributed by atoms with van der Waals surface area (Å²) < 4.78 is 29.4. The number of aromatic nitrogens is 2. The molecule has 0 aliphatic carbocycles. The Kier molecular flexibility index (Phi) is 4.72. The van der Waals surface area contributed by atoms with E-state index in [2.05, 4.69) is 15.5 Å². The molecule has 3 rings (SSSR count). The van der Waals surface area contributed by atoms with Crippen LogP contribution < -0.4 is 5.32 Å². The van der Waals surface area contributed by atoms with Gasteiger partial charge in [-0.25, -0.2) is 8.42 Å². The molecule has 7 nitrogen and oxygen atoms in total. The Morgan fingerprint density at radius 3 is 2.62 bits per heavy atom. The van der Waals surface area contributed by atoms with Crippen LogP contribution in [0.15, 0.2) is 52.3 Å². The maximum Gasteiger partial charge on any atom is 0.322 e. The normalized spacial score (nSPS) is 11.3. The first-order chi connectivity index (χ1) is 11.5. The molecular weight excluding hydrogens is 350 g/mol. The molecule has 0 saturated heterocycles. The van der Waals surface area contributed by atoms with Gasteiger partial charge in [0.1, 0.15) is 5.75 Å². The molecule has 0 fully saturated rings. The number of hydrogen-bond acceptors (Lipinski definition) is 7. The molecule has 1 amide bonds. The van der Waals surface area contributed by atoms with Gasteiger partial charge in [-0.3, -0.25) is 10.1 Å². The number of amides is 1. The molecule has 9 heteroatoms. The maximum absolute atomic E-state index is 12.1. The van der Waals surface area contributed by atoms with Crippen LogP contribution >= 0.6 is 11.3 Å². The van der Waals surface area contributed by atoms with Crippen LogP contribution in [0, 0.1) is 0 Å². The van der Waals surface area contributed by atoms with Gasteiger partial charge in [-0.15, -0.1) is 16.4 Å². The lowest BCUT2D eigenvalue weighted by molar-refractivity contribution is -0.114. The lowest BCUT2D eigenvalue weighted by Gasteiger charge is -2.04. The Labute approximate surface area is 142 Å². The van der Waals surface area contributed by atoms with E-state index in [1.165, 1.54) is 11.3 Å². The molecule has 3 aromatic rings. The number of anilines is 1. The van der Waals surface area contributed by atoms with Crippen molar-refractivity contribution in [3.05, 3.63) is 53.4 Å². The molecule has 1 aromatic carbocycles. The van der Waals surface area contributed by atoms with Crippen LogP contribution in [0.5, 0.6) is 0 Å². The number of carbonyl (C=O) groups excluding carboxylic acids is 1. The van der Waals surface area contributed by atoms with Crippen molar-refractivity contribution in [3.63, 3.8) is 0 Å². The van der Waals surface area contributed by atoms with Crippen molar-refractivity contribution < 1.29 is 17.6 Å². The molecule has 124 valence electrons. The van der Waals surface area contributed by atoms with Crippen LogP contribution in [0.2, 0.25) is 0 Å². The highest BCUT2D eigenvalue weighted by Crippen LogP contribution is 2.24. The van der Waals surface area contributed by atoms with Crippen molar-refractivity contribution in [1.29, 1.82) is 0 Å². The summed E-state index contributed by atoms with van der Waals surface area (Å²) >= 11 is 1.41. The quantitative estimate of drug-likeness (QED) is 0.721. The highest BCUT2D eigenvalue weighted by atomic mass is 32.2. The third kappa shape index (κ3) is 4.27. The number of thiophene rings is 1. The Hall–Kier alpha value is -2.52. The molecule has 0 radical (unpaired) electrons. The second kappa shape index (κ2) is 6.93. The van der Waals surface area contributed by atoms with Gasteiger partial charge in [0.15, 0.2) is 9.84 Å². The van der Waals surface area contributed by atoms with Crippen LogP contribution in [0.3, 0.4) is 0 Å². The third-order valence-corrected chi connectivity index (χ3v) is 5.32. The monoisotopic (exact) mass is 363 g/mol. The minimum atomic E-state index is -3.59. The van der Waals surface area contributed by atoms with Gasteiger partial charge in [0.25, 0.3) is 5.89 Å². The average Bonchev–Trinajstić information content (AvgIpc) is 3.17. The first kappa shape index (κ1) is 16.3. The lowest BCUT2D eigenvalue weighted by Crippen LogP contribution is -2.24. The average molecular weight is 363 g/mol. The molecule has 0 unspecified atom stereocenters. The number of rotatable bonds is 6. The number of benzene rings is 1. The van der Waals surface area contributed by atoms with Gasteiger partial charge in [-0.05, 0) is 17.0 Å². The molecule has 0 atom stereocenters. The fourth-order valence-corrected chi connectivity index (χ4v) is 3.93. The molecule has 2 aromatic heterocycles. The van der Waals surface area contributed by atoms with Crippen molar-refractivity contribution >= 4 is 33.1 Å². The highest BCUT2D eigenvalue weighted by Gasteiger charge is 2.19. The van der Waals surface area contributed by atoms with Gasteiger partial charge >= 0.3 is 6.01 Å². The van der Waals surface area contributed by atoms with Crippen LogP contribution in [-0.2, 0) is 20.4 Å². The number of carbonyl (C=O) groups is 1. The van der Waals surface area contributed by atoms with E-state index in [1.54, 1.807) is 36.4 Å². The standard InChI is InChI=1S/C15H13N3O4S2/c19-13(10-24(20,21)9-11-5-2-1-3-6-11)16-15-18-17-14(22-15)12-7-4-8-23-12/h1-8H,9-10H2,(H,16,18,19). The van der Waals surface area contributed by atoms with E-state index in [9.17, 15) is 13.2 Å². The Bertz CT molecular complexity index is 919. The van der Waals surface area contributed by atoms with Gasteiger partial charge in [-0.2, -0.15) is 0 Å². The summed E-state index contributed by atoms with van der Waals surface area (Å²) in [5.74, 6) is -1.30. The lowest BCUT2D eigenvalue weighted by atomic mass is 10.2. The molecule has 0 aliphatic heterocycles. The van der Waals surface area contributed by atoms with Crippen LogP contribution in [0.1, 0.15) is 5.56 Å². The van der Waals surface area contributed by atoms with Crippen molar-refractivity contribution in [2.45, 2.75) is 5.75 Å². The molecule has 0 bridgehead atoms. The van der Waals surface area contributed by atoms with Crippen LogP contribution in [0.25, 0.3) is 10.8 Å². The summed E-state index contributed by atoms with van der Waals surface area (Å²) in [4.78, 5) is 12.7.